The van der Waals surface area contributed by atoms with Crippen LogP contribution in [0.1, 0.15) is 19.4 Å². The maximum absolute atomic E-state index is 13.4. The molecule has 0 amide bonds. The third-order valence-electron chi connectivity index (χ3n) is 2.01. The molecule has 0 spiro atoms. The molecule has 88 valence electrons. The average Bonchev–Trinajstić information content (AvgIpc) is 2.21. The molecule has 0 unspecified atom stereocenters. The summed E-state index contributed by atoms with van der Waals surface area (Å²) in [5, 5.41) is 0. The Kier molecular flexibility index (Phi) is 4.43. The molecule has 0 radical (unpaired) electrons. The quantitative estimate of drug-likeness (QED) is 0.803. The third kappa shape index (κ3) is 3.31. The fourth-order valence-electron chi connectivity index (χ4n) is 1.16. The summed E-state index contributed by atoms with van der Waals surface area (Å²) < 4.78 is 31.8. The number of benzene rings is 1. The topological polar surface area (TPSA) is 35.2 Å². The molecule has 1 aromatic carbocycles. The van der Waals surface area contributed by atoms with Gasteiger partial charge >= 0.3 is 0 Å². The van der Waals surface area contributed by atoms with Gasteiger partial charge in [0, 0.05) is 6.54 Å². The monoisotopic (exact) mass is 227 g/mol. The van der Waals surface area contributed by atoms with E-state index in [-0.39, 0.29) is 18.9 Å². The van der Waals surface area contributed by atoms with Gasteiger partial charge in [-0.1, -0.05) is 5.57 Å². The predicted octanol–water partition coefficient (Wildman–Crippen LogP) is 2.77. The van der Waals surface area contributed by atoms with Crippen LogP contribution in [0, 0.1) is 11.6 Å². The van der Waals surface area contributed by atoms with Crippen LogP contribution in [-0.2, 0) is 6.54 Å². The van der Waals surface area contributed by atoms with Crippen molar-refractivity contribution in [2.24, 2.45) is 5.73 Å². The normalized spacial score (nSPS) is 10.1. The first kappa shape index (κ1) is 12.6. The van der Waals surface area contributed by atoms with Gasteiger partial charge in [0.15, 0.2) is 17.4 Å². The van der Waals surface area contributed by atoms with E-state index < -0.39 is 11.6 Å². The molecule has 0 aliphatic rings. The van der Waals surface area contributed by atoms with E-state index in [0.29, 0.717) is 5.56 Å². The van der Waals surface area contributed by atoms with E-state index in [1.807, 2.05) is 13.8 Å². The van der Waals surface area contributed by atoms with Gasteiger partial charge in [0.25, 0.3) is 0 Å². The van der Waals surface area contributed by atoms with Crippen molar-refractivity contribution < 1.29 is 13.5 Å². The van der Waals surface area contributed by atoms with Gasteiger partial charge in [-0.2, -0.15) is 0 Å². The van der Waals surface area contributed by atoms with E-state index in [0.717, 1.165) is 5.57 Å². The first-order valence-electron chi connectivity index (χ1n) is 4.98. The first-order valence-corrected chi connectivity index (χ1v) is 4.98. The SMILES string of the molecule is CC(C)=CCOc1c(F)cc(CN)cc1F. The number of hydrogen-bond donors (Lipinski definition) is 1. The highest BCUT2D eigenvalue weighted by atomic mass is 19.1. The van der Waals surface area contributed by atoms with Crippen LogP contribution in [0.3, 0.4) is 0 Å². The zero-order valence-corrected chi connectivity index (χ0v) is 9.39. The van der Waals surface area contributed by atoms with Crippen molar-refractivity contribution in [1.29, 1.82) is 0 Å². The second kappa shape index (κ2) is 5.61. The number of halogens is 2. The molecule has 0 saturated carbocycles. The van der Waals surface area contributed by atoms with Gasteiger partial charge < -0.3 is 10.5 Å². The number of hydrogen-bond acceptors (Lipinski definition) is 2. The maximum atomic E-state index is 13.4. The zero-order valence-electron chi connectivity index (χ0n) is 9.39. The van der Waals surface area contributed by atoms with E-state index in [1.54, 1.807) is 6.08 Å². The molecule has 1 rings (SSSR count). The number of rotatable bonds is 4. The van der Waals surface area contributed by atoms with Crippen molar-refractivity contribution in [3.8, 4) is 5.75 Å². The lowest BCUT2D eigenvalue weighted by Gasteiger charge is -2.08. The van der Waals surface area contributed by atoms with Crippen LogP contribution in [0.2, 0.25) is 0 Å². The third-order valence-corrected chi connectivity index (χ3v) is 2.01. The molecule has 16 heavy (non-hydrogen) atoms. The molecule has 0 atom stereocenters. The fourth-order valence-corrected chi connectivity index (χ4v) is 1.16. The maximum Gasteiger partial charge on any atom is 0.191 e. The van der Waals surface area contributed by atoms with Crippen molar-refractivity contribution in [3.63, 3.8) is 0 Å². The van der Waals surface area contributed by atoms with Crippen molar-refractivity contribution in [3.05, 3.63) is 41.0 Å². The first-order chi connectivity index (χ1) is 7.54. The molecule has 0 heterocycles. The lowest BCUT2D eigenvalue weighted by molar-refractivity contribution is 0.319. The minimum absolute atomic E-state index is 0.0993. The van der Waals surface area contributed by atoms with Crippen LogP contribution < -0.4 is 10.5 Å². The van der Waals surface area contributed by atoms with E-state index in [9.17, 15) is 8.78 Å². The number of allylic oxidation sites excluding steroid dienone is 1. The molecule has 2 N–H and O–H groups in total. The molecule has 0 saturated heterocycles. The Morgan fingerprint density at radius 1 is 1.31 bits per heavy atom. The zero-order chi connectivity index (χ0) is 12.1. The van der Waals surface area contributed by atoms with Gasteiger partial charge in [0.2, 0.25) is 0 Å². The van der Waals surface area contributed by atoms with E-state index in [4.69, 9.17) is 10.5 Å². The molecule has 1 aromatic rings. The summed E-state index contributed by atoms with van der Waals surface area (Å²) in [6, 6.07) is 2.36. The summed E-state index contributed by atoms with van der Waals surface area (Å²) in [6.45, 7) is 4.02. The Morgan fingerprint density at radius 2 is 1.88 bits per heavy atom. The molecule has 0 aromatic heterocycles. The Morgan fingerprint density at radius 3 is 2.31 bits per heavy atom. The van der Waals surface area contributed by atoms with Gasteiger partial charge in [-0.3, -0.25) is 0 Å². The van der Waals surface area contributed by atoms with Crippen LogP contribution in [0.15, 0.2) is 23.8 Å². The Balaban J connectivity index is 2.84. The highest BCUT2D eigenvalue weighted by Crippen LogP contribution is 2.23. The standard InChI is InChI=1S/C12H15F2NO/c1-8(2)3-4-16-12-10(13)5-9(7-15)6-11(12)14/h3,5-6H,4,7,15H2,1-2H3. The lowest BCUT2D eigenvalue weighted by Crippen LogP contribution is -2.03. The van der Waals surface area contributed by atoms with Crippen molar-refractivity contribution in [2.45, 2.75) is 20.4 Å². The second-order valence-electron chi connectivity index (χ2n) is 3.69. The molecule has 0 bridgehead atoms. The van der Waals surface area contributed by atoms with E-state index >= 15 is 0 Å². The number of nitrogens with two attached hydrogens (primary N) is 1. The Hall–Kier alpha value is -1.42. The summed E-state index contributed by atoms with van der Waals surface area (Å²) in [5.41, 5.74) is 6.73. The minimum Gasteiger partial charge on any atom is -0.483 e. The van der Waals surface area contributed by atoms with Gasteiger partial charge in [-0.25, -0.2) is 8.78 Å². The molecule has 4 heteroatoms. The van der Waals surface area contributed by atoms with Gasteiger partial charge in [0.05, 0.1) is 0 Å². The van der Waals surface area contributed by atoms with Gasteiger partial charge in [0.1, 0.15) is 6.61 Å². The van der Waals surface area contributed by atoms with Crippen LogP contribution in [0.25, 0.3) is 0 Å². The summed E-state index contributed by atoms with van der Waals surface area (Å²) in [6.07, 6.45) is 1.75. The van der Waals surface area contributed by atoms with Gasteiger partial charge in [-0.15, -0.1) is 0 Å². The van der Waals surface area contributed by atoms with Crippen LogP contribution in [-0.4, -0.2) is 6.61 Å². The van der Waals surface area contributed by atoms with Crippen LogP contribution in [0.4, 0.5) is 8.78 Å². The average molecular weight is 227 g/mol. The van der Waals surface area contributed by atoms with E-state index in [1.165, 1.54) is 12.1 Å². The van der Waals surface area contributed by atoms with Crippen molar-refractivity contribution >= 4 is 0 Å². The van der Waals surface area contributed by atoms with E-state index in [2.05, 4.69) is 0 Å². The Bertz CT molecular complexity index is 375. The van der Waals surface area contributed by atoms with Crippen molar-refractivity contribution in [1.82, 2.24) is 0 Å². The van der Waals surface area contributed by atoms with Crippen LogP contribution in [0.5, 0.6) is 5.75 Å². The largest absolute Gasteiger partial charge is 0.483 e. The van der Waals surface area contributed by atoms with Crippen LogP contribution >= 0.6 is 0 Å². The molecular formula is C12H15F2NO. The Labute approximate surface area is 93.7 Å². The molecule has 0 aliphatic heterocycles. The predicted molar refractivity (Wildman–Crippen MR) is 59.2 cm³/mol. The minimum atomic E-state index is -0.720. The molecular weight excluding hydrogens is 212 g/mol. The highest BCUT2D eigenvalue weighted by molar-refractivity contribution is 5.31. The molecule has 2 nitrogen and oxygen atoms in total. The highest BCUT2D eigenvalue weighted by Gasteiger charge is 2.11. The summed E-state index contributed by atoms with van der Waals surface area (Å²) >= 11 is 0. The second-order valence-corrected chi connectivity index (χ2v) is 3.69. The summed E-state index contributed by atoms with van der Waals surface area (Å²) in [5.74, 6) is -1.79. The van der Waals surface area contributed by atoms with Gasteiger partial charge in [-0.05, 0) is 37.6 Å². The summed E-state index contributed by atoms with van der Waals surface area (Å²) in [4.78, 5) is 0. The van der Waals surface area contributed by atoms with Crippen molar-refractivity contribution in [2.75, 3.05) is 6.61 Å². The molecule has 0 aliphatic carbocycles. The smallest absolute Gasteiger partial charge is 0.191 e. The fraction of sp³-hybridized carbons (Fsp3) is 0.333. The molecule has 0 fully saturated rings. The lowest BCUT2D eigenvalue weighted by atomic mass is 10.2. The summed E-state index contributed by atoms with van der Waals surface area (Å²) in [7, 11) is 0. The number of ether oxygens (including phenoxy) is 1.